The fourth-order valence-electron chi connectivity index (χ4n) is 1.94. The zero-order valence-electron chi connectivity index (χ0n) is 9.12. The molecule has 2 heterocycles. The van der Waals surface area contributed by atoms with Crippen LogP contribution in [-0.4, -0.2) is 28.8 Å². The van der Waals surface area contributed by atoms with Gasteiger partial charge in [0.05, 0.1) is 10.7 Å². The molecular formula is C11H17N3S. The first-order chi connectivity index (χ1) is 7.25. The lowest BCUT2D eigenvalue weighted by Crippen LogP contribution is -2.36. The third-order valence-corrected chi connectivity index (χ3v) is 3.58. The number of likely N-dealkylation sites (tertiary alicyclic amines) is 1. The molecule has 0 amide bonds. The molecule has 0 atom stereocenters. The number of aryl methyl sites for hydroxylation is 1. The van der Waals surface area contributed by atoms with Gasteiger partial charge in [0.25, 0.3) is 0 Å². The van der Waals surface area contributed by atoms with Crippen molar-refractivity contribution in [2.75, 3.05) is 13.1 Å². The number of rotatable bonds is 2. The summed E-state index contributed by atoms with van der Waals surface area (Å²) in [4.78, 5) is 6.59. The minimum absolute atomic E-state index is 0.699. The maximum atomic E-state index is 8.02. The molecular weight excluding hydrogens is 206 g/mol. The van der Waals surface area contributed by atoms with Gasteiger partial charge in [0.1, 0.15) is 5.84 Å². The zero-order chi connectivity index (χ0) is 10.7. The Bertz CT molecular complexity index is 339. The molecule has 3 nitrogen and oxygen atoms in total. The molecule has 4 heteroatoms. The highest BCUT2D eigenvalue weighted by molar-refractivity contribution is 7.09. The molecule has 1 saturated heterocycles. The summed E-state index contributed by atoms with van der Waals surface area (Å²) in [7, 11) is 0. The number of piperidine rings is 1. The predicted octanol–water partition coefficient (Wildman–Crippen LogP) is 2.46. The smallest absolute Gasteiger partial charge is 0.102 e. The van der Waals surface area contributed by atoms with Gasteiger partial charge in [-0.1, -0.05) is 0 Å². The average Bonchev–Trinajstić information content (AvgIpc) is 2.65. The molecule has 0 aliphatic carbocycles. The van der Waals surface area contributed by atoms with E-state index in [0.717, 1.165) is 29.6 Å². The number of thiazole rings is 1. The molecule has 1 aromatic heterocycles. The highest BCUT2D eigenvalue weighted by Gasteiger charge is 2.14. The van der Waals surface area contributed by atoms with Crippen molar-refractivity contribution in [2.45, 2.75) is 32.6 Å². The maximum Gasteiger partial charge on any atom is 0.102 e. The first-order valence-corrected chi connectivity index (χ1v) is 6.37. The van der Waals surface area contributed by atoms with Crippen LogP contribution in [0.4, 0.5) is 0 Å². The molecule has 0 saturated carbocycles. The second-order valence-corrected chi connectivity index (χ2v) is 5.09. The number of nitrogens with zero attached hydrogens (tertiary/aromatic N) is 2. The number of amidine groups is 1. The lowest BCUT2D eigenvalue weighted by atomic mass is 10.1. The molecule has 1 aliphatic rings. The molecule has 2 rings (SSSR count). The molecule has 0 bridgehead atoms. The zero-order valence-corrected chi connectivity index (χ0v) is 9.94. The van der Waals surface area contributed by atoms with E-state index in [1.165, 1.54) is 19.3 Å². The van der Waals surface area contributed by atoms with Crippen LogP contribution < -0.4 is 0 Å². The van der Waals surface area contributed by atoms with Crippen LogP contribution in [0.5, 0.6) is 0 Å². The predicted molar refractivity (Wildman–Crippen MR) is 63.7 cm³/mol. The first kappa shape index (κ1) is 10.6. The van der Waals surface area contributed by atoms with Gasteiger partial charge in [-0.15, -0.1) is 11.3 Å². The molecule has 0 spiro atoms. The third-order valence-electron chi connectivity index (χ3n) is 2.75. The summed E-state index contributed by atoms with van der Waals surface area (Å²) in [5.74, 6) is 0.736. The van der Waals surface area contributed by atoms with E-state index in [9.17, 15) is 0 Å². The van der Waals surface area contributed by atoms with Crippen molar-refractivity contribution in [2.24, 2.45) is 0 Å². The molecule has 1 aromatic rings. The molecule has 82 valence electrons. The standard InChI is InChI=1S/C11H17N3S/c1-9-13-10(8-15-9)7-11(12)14-5-3-2-4-6-14/h8,12H,2-7H2,1H3. The van der Waals surface area contributed by atoms with Crippen LogP contribution in [0.2, 0.25) is 0 Å². The van der Waals surface area contributed by atoms with E-state index >= 15 is 0 Å². The van der Waals surface area contributed by atoms with Gasteiger partial charge in [0.15, 0.2) is 0 Å². The fourth-order valence-corrected chi connectivity index (χ4v) is 2.55. The topological polar surface area (TPSA) is 40.0 Å². The Hall–Kier alpha value is -0.900. The van der Waals surface area contributed by atoms with Crippen LogP contribution in [0.25, 0.3) is 0 Å². The van der Waals surface area contributed by atoms with E-state index in [0.29, 0.717) is 6.42 Å². The maximum absolute atomic E-state index is 8.02. The van der Waals surface area contributed by atoms with Gasteiger partial charge in [-0.3, -0.25) is 5.41 Å². The van der Waals surface area contributed by atoms with Gasteiger partial charge in [0, 0.05) is 24.9 Å². The lowest BCUT2D eigenvalue weighted by Gasteiger charge is -2.28. The second-order valence-electron chi connectivity index (χ2n) is 4.03. The Labute approximate surface area is 94.7 Å². The van der Waals surface area contributed by atoms with Gasteiger partial charge < -0.3 is 4.90 Å². The van der Waals surface area contributed by atoms with Gasteiger partial charge in [-0.25, -0.2) is 4.98 Å². The summed E-state index contributed by atoms with van der Waals surface area (Å²) in [5.41, 5.74) is 1.05. The van der Waals surface area contributed by atoms with Gasteiger partial charge in [-0.05, 0) is 26.2 Å². The van der Waals surface area contributed by atoms with E-state index in [4.69, 9.17) is 5.41 Å². The van der Waals surface area contributed by atoms with Crippen LogP contribution in [0.3, 0.4) is 0 Å². The second kappa shape index (κ2) is 4.75. The fraction of sp³-hybridized carbons (Fsp3) is 0.636. The summed E-state index contributed by atoms with van der Waals surface area (Å²) >= 11 is 1.67. The van der Waals surface area contributed by atoms with E-state index in [2.05, 4.69) is 15.3 Å². The third kappa shape index (κ3) is 2.78. The van der Waals surface area contributed by atoms with E-state index in [1.54, 1.807) is 11.3 Å². The van der Waals surface area contributed by atoms with Gasteiger partial charge in [0.2, 0.25) is 0 Å². The number of hydrogen-bond acceptors (Lipinski definition) is 3. The van der Waals surface area contributed by atoms with Gasteiger partial charge >= 0.3 is 0 Å². The normalized spacial score (nSPS) is 16.7. The summed E-state index contributed by atoms with van der Waals surface area (Å²) in [5, 5.41) is 11.2. The molecule has 1 fully saturated rings. The molecule has 0 unspecified atom stereocenters. The molecule has 1 N–H and O–H groups in total. The molecule has 1 aliphatic heterocycles. The summed E-state index contributed by atoms with van der Waals surface area (Å²) < 4.78 is 0. The molecule has 0 aromatic carbocycles. The van der Waals surface area contributed by atoms with Crippen LogP contribution in [0.1, 0.15) is 30.0 Å². The SMILES string of the molecule is Cc1nc(CC(=N)N2CCCCC2)cs1. The first-order valence-electron chi connectivity index (χ1n) is 5.49. The van der Waals surface area contributed by atoms with E-state index in [-0.39, 0.29) is 0 Å². The van der Waals surface area contributed by atoms with Crippen LogP contribution in [-0.2, 0) is 6.42 Å². The van der Waals surface area contributed by atoms with Crippen molar-refractivity contribution in [1.29, 1.82) is 5.41 Å². The number of aromatic nitrogens is 1. The Balaban J connectivity index is 1.91. The summed E-state index contributed by atoms with van der Waals surface area (Å²) in [6.07, 6.45) is 4.49. The van der Waals surface area contributed by atoms with Gasteiger partial charge in [-0.2, -0.15) is 0 Å². The monoisotopic (exact) mass is 223 g/mol. The minimum atomic E-state index is 0.699. The van der Waals surface area contributed by atoms with Crippen molar-refractivity contribution in [3.63, 3.8) is 0 Å². The largest absolute Gasteiger partial charge is 0.360 e. The van der Waals surface area contributed by atoms with Crippen molar-refractivity contribution >= 4 is 17.2 Å². The van der Waals surface area contributed by atoms with Crippen LogP contribution in [0.15, 0.2) is 5.38 Å². The Morgan fingerprint density at radius 1 is 1.47 bits per heavy atom. The minimum Gasteiger partial charge on any atom is -0.360 e. The Morgan fingerprint density at radius 2 is 2.20 bits per heavy atom. The van der Waals surface area contributed by atoms with Crippen molar-refractivity contribution in [3.05, 3.63) is 16.1 Å². The van der Waals surface area contributed by atoms with E-state index < -0.39 is 0 Å². The Morgan fingerprint density at radius 3 is 2.80 bits per heavy atom. The quantitative estimate of drug-likeness (QED) is 0.618. The van der Waals surface area contributed by atoms with Crippen molar-refractivity contribution in [1.82, 2.24) is 9.88 Å². The van der Waals surface area contributed by atoms with Crippen molar-refractivity contribution < 1.29 is 0 Å². The number of hydrogen-bond donors (Lipinski definition) is 1. The molecule has 15 heavy (non-hydrogen) atoms. The van der Waals surface area contributed by atoms with Crippen molar-refractivity contribution in [3.8, 4) is 0 Å². The Kier molecular flexibility index (Phi) is 3.36. The highest BCUT2D eigenvalue weighted by atomic mass is 32.1. The number of nitrogens with one attached hydrogen (secondary N) is 1. The average molecular weight is 223 g/mol. The molecule has 0 radical (unpaired) electrons. The highest BCUT2D eigenvalue weighted by Crippen LogP contribution is 2.13. The van der Waals surface area contributed by atoms with Crippen LogP contribution in [0, 0.1) is 12.3 Å². The summed E-state index contributed by atoms with van der Waals surface area (Å²) in [6, 6.07) is 0. The summed E-state index contributed by atoms with van der Waals surface area (Å²) in [6.45, 7) is 4.13. The van der Waals surface area contributed by atoms with Crippen LogP contribution >= 0.6 is 11.3 Å². The lowest BCUT2D eigenvalue weighted by molar-refractivity contribution is 0.336. The van der Waals surface area contributed by atoms with E-state index in [1.807, 2.05) is 6.92 Å².